The van der Waals surface area contributed by atoms with Gasteiger partial charge in [0, 0.05) is 10.9 Å². The predicted octanol–water partition coefficient (Wildman–Crippen LogP) is 5.86. The molecule has 0 aliphatic carbocycles. The van der Waals surface area contributed by atoms with Crippen molar-refractivity contribution in [2.45, 2.75) is 0 Å². The lowest BCUT2D eigenvalue weighted by Gasteiger charge is -2.08. The topological polar surface area (TPSA) is 12.9 Å². The Labute approximate surface area is 125 Å². The van der Waals surface area contributed by atoms with E-state index >= 15 is 0 Å². The molecule has 1 aromatic heterocycles. The van der Waals surface area contributed by atoms with Gasteiger partial charge in [0.25, 0.3) is 0 Å². The monoisotopic (exact) mass is 307 g/mol. The molecule has 0 aliphatic heterocycles. The molecule has 0 saturated carbocycles. The van der Waals surface area contributed by atoms with E-state index in [9.17, 15) is 0 Å². The Kier molecular flexibility index (Phi) is 3.36. The van der Waals surface area contributed by atoms with Gasteiger partial charge in [-0.3, -0.25) is 0 Å². The van der Waals surface area contributed by atoms with Gasteiger partial charge in [0.2, 0.25) is 0 Å². The molecule has 0 radical (unpaired) electrons. The van der Waals surface area contributed by atoms with Crippen LogP contribution in [-0.2, 0) is 0 Å². The molecule has 0 spiro atoms. The summed E-state index contributed by atoms with van der Waals surface area (Å²) in [6.45, 7) is 0. The molecule has 0 N–H and O–H groups in total. The lowest BCUT2D eigenvalue weighted by atomic mass is 10.0. The van der Waals surface area contributed by atoms with E-state index < -0.39 is 0 Å². The molecular weight excluding hydrogens is 301 g/mol. The average molecular weight is 309 g/mol. The maximum Gasteiger partial charge on any atom is 0.130 e. The first-order chi connectivity index (χ1) is 9.15. The number of hydrogen-bond donors (Lipinski definition) is 0. The fourth-order valence-electron chi connectivity index (χ4n) is 2.03. The van der Waals surface area contributed by atoms with Crippen LogP contribution in [-0.4, -0.2) is 4.98 Å². The Bertz CT molecular complexity index is 768. The fraction of sp³-hybridized carbons (Fsp3) is 0. The van der Waals surface area contributed by atoms with E-state index in [1.54, 1.807) is 12.1 Å². The van der Waals surface area contributed by atoms with Crippen molar-refractivity contribution in [3.05, 3.63) is 63.7 Å². The summed E-state index contributed by atoms with van der Waals surface area (Å²) in [6, 6.07) is 15.2. The standard InChI is InChI=1S/C15H8Cl3N/c16-12-6-5-10(7-13(12)17)15-11-4-2-1-3-9(11)8-14(18)19-15/h1-8H. The molecule has 94 valence electrons. The lowest BCUT2D eigenvalue weighted by Crippen LogP contribution is -1.87. The second-order valence-electron chi connectivity index (χ2n) is 4.14. The van der Waals surface area contributed by atoms with Crippen molar-refractivity contribution in [2.75, 3.05) is 0 Å². The Morgan fingerprint density at radius 2 is 1.58 bits per heavy atom. The maximum absolute atomic E-state index is 6.07. The Balaban J connectivity index is 2.32. The molecule has 3 rings (SSSR count). The first kappa shape index (κ1) is 12.7. The third kappa shape index (κ3) is 2.42. The van der Waals surface area contributed by atoms with Crippen LogP contribution in [0.1, 0.15) is 0 Å². The summed E-state index contributed by atoms with van der Waals surface area (Å²) < 4.78 is 0. The molecule has 0 aliphatic rings. The summed E-state index contributed by atoms with van der Waals surface area (Å²) in [5, 5.41) is 3.57. The van der Waals surface area contributed by atoms with E-state index in [1.807, 2.05) is 36.4 Å². The fourth-order valence-corrected chi connectivity index (χ4v) is 2.53. The van der Waals surface area contributed by atoms with E-state index in [0.717, 1.165) is 22.0 Å². The van der Waals surface area contributed by atoms with Gasteiger partial charge in [-0.1, -0.05) is 65.1 Å². The van der Waals surface area contributed by atoms with E-state index in [4.69, 9.17) is 34.8 Å². The van der Waals surface area contributed by atoms with E-state index in [-0.39, 0.29) is 0 Å². The number of halogens is 3. The zero-order valence-electron chi connectivity index (χ0n) is 9.70. The highest BCUT2D eigenvalue weighted by Crippen LogP contribution is 2.32. The molecule has 1 heterocycles. The van der Waals surface area contributed by atoms with E-state index in [1.165, 1.54) is 0 Å². The van der Waals surface area contributed by atoms with Crippen LogP contribution in [0.2, 0.25) is 15.2 Å². The van der Waals surface area contributed by atoms with Crippen molar-refractivity contribution in [1.82, 2.24) is 4.98 Å². The zero-order valence-corrected chi connectivity index (χ0v) is 12.0. The quantitative estimate of drug-likeness (QED) is 0.513. The Morgan fingerprint density at radius 1 is 0.789 bits per heavy atom. The number of hydrogen-bond acceptors (Lipinski definition) is 1. The second-order valence-corrected chi connectivity index (χ2v) is 5.35. The Morgan fingerprint density at radius 3 is 2.37 bits per heavy atom. The molecule has 4 heteroatoms. The second kappa shape index (κ2) is 5.01. The van der Waals surface area contributed by atoms with Gasteiger partial charge < -0.3 is 0 Å². The number of benzene rings is 2. The molecule has 2 aromatic carbocycles. The molecule has 0 amide bonds. The largest absolute Gasteiger partial charge is 0.235 e. The smallest absolute Gasteiger partial charge is 0.130 e. The predicted molar refractivity (Wildman–Crippen MR) is 82.2 cm³/mol. The van der Waals surface area contributed by atoms with Crippen molar-refractivity contribution < 1.29 is 0 Å². The minimum Gasteiger partial charge on any atom is -0.235 e. The molecular formula is C15H8Cl3N. The molecule has 0 saturated heterocycles. The number of rotatable bonds is 1. The molecule has 1 nitrogen and oxygen atoms in total. The first-order valence-electron chi connectivity index (χ1n) is 5.66. The van der Waals surface area contributed by atoms with Crippen LogP contribution in [0.3, 0.4) is 0 Å². The van der Waals surface area contributed by atoms with Crippen LogP contribution in [0.25, 0.3) is 22.0 Å². The average Bonchev–Trinajstić information content (AvgIpc) is 2.41. The van der Waals surface area contributed by atoms with Gasteiger partial charge in [0.15, 0.2) is 0 Å². The highest BCUT2D eigenvalue weighted by molar-refractivity contribution is 6.42. The number of pyridine rings is 1. The van der Waals surface area contributed by atoms with Crippen molar-refractivity contribution >= 4 is 45.6 Å². The summed E-state index contributed by atoms with van der Waals surface area (Å²) in [7, 11) is 0. The number of fused-ring (bicyclic) bond motifs is 1. The van der Waals surface area contributed by atoms with E-state index in [2.05, 4.69) is 4.98 Å². The molecule has 0 atom stereocenters. The van der Waals surface area contributed by atoms with Crippen LogP contribution in [0, 0.1) is 0 Å². The van der Waals surface area contributed by atoms with Crippen LogP contribution in [0.15, 0.2) is 48.5 Å². The number of nitrogens with zero attached hydrogens (tertiary/aromatic N) is 1. The van der Waals surface area contributed by atoms with Crippen molar-refractivity contribution in [3.63, 3.8) is 0 Å². The minimum atomic E-state index is 0.458. The summed E-state index contributed by atoms with van der Waals surface area (Å²) in [5.41, 5.74) is 1.70. The first-order valence-corrected chi connectivity index (χ1v) is 6.79. The highest BCUT2D eigenvalue weighted by Gasteiger charge is 2.09. The van der Waals surface area contributed by atoms with Crippen molar-refractivity contribution in [2.24, 2.45) is 0 Å². The van der Waals surface area contributed by atoms with E-state index in [0.29, 0.717) is 15.2 Å². The van der Waals surface area contributed by atoms with Crippen LogP contribution < -0.4 is 0 Å². The normalized spacial score (nSPS) is 10.9. The third-order valence-corrected chi connectivity index (χ3v) is 3.83. The summed E-state index contributed by atoms with van der Waals surface area (Å²) >= 11 is 18.1. The van der Waals surface area contributed by atoms with Gasteiger partial charge >= 0.3 is 0 Å². The van der Waals surface area contributed by atoms with Crippen molar-refractivity contribution in [3.8, 4) is 11.3 Å². The van der Waals surface area contributed by atoms with Gasteiger partial charge in [-0.25, -0.2) is 4.98 Å². The molecule has 19 heavy (non-hydrogen) atoms. The third-order valence-electron chi connectivity index (χ3n) is 2.90. The van der Waals surface area contributed by atoms with Crippen LogP contribution >= 0.6 is 34.8 Å². The van der Waals surface area contributed by atoms with Crippen molar-refractivity contribution in [1.29, 1.82) is 0 Å². The number of aromatic nitrogens is 1. The van der Waals surface area contributed by atoms with Gasteiger partial charge in [-0.05, 0) is 23.6 Å². The molecule has 0 unspecified atom stereocenters. The maximum atomic E-state index is 6.07. The van der Waals surface area contributed by atoms with Gasteiger partial charge in [-0.15, -0.1) is 0 Å². The van der Waals surface area contributed by atoms with Crippen LogP contribution in [0.5, 0.6) is 0 Å². The zero-order chi connectivity index (χ0) is 13.4. The molecule has 3 aromatic rings. The highest BCUT2D eigenvalue weighted by atomic mass is 35.5. The lowest BCUT2D eigenvalue weighted by molar-refractivity contribution is 1.36. The van der Waals surface area contributed by atoms with Gasteiger partial charge in [0.1, 0.15) is 5.15 Å². The Hall–Kier alpha value is -1.28. The SMILES string of the molecule is Clc1cc2ccccc2c(-c2ccc(Cl)c(Cl)c2)n1. The summed E-state index contributed by atoms with van der Waals surface area (Å²) in [6.07, 6.45) is 0. The van der Waals surface area contributed by atoms with Gasteiger partial charge in [-0.2, -0.15) is 0 Å². The van der Waals surface area contributed by atoms with Gasteiger partial charge in [0.05, 0.1) is 15.7 Å². The van der Waals surface area contributed by atoms with Crippen LogP contribution in [0.4, 0.5) is 0 Å². The molecule has 0 bridgehead atoms. The molecule has 0 fully saturated rings. The summed E-state index contributed by atoms with van der Waals surface area (Å²) in [5.74, 6) is 0. The minimum absolute atomic E-state index is 0.458. The summed E-state index contributed by atoms with van der Waals surface area (Å²) in [4.78, 5) is 4.41.